The maximum atomic E-state index is 11.3. The molecular weight excluding hydrogens is 310 g/mol. The lowest BCUT2D eigenvalue weighted by Gasteiger charge is -2.29. The Morgan fingerprint density at radius 2 is 2.16 bits per heavy atom. The van der Waals surface area contributed by atoms with Gasteiger partial charge in [-0.15, -0.1) is 0 Å². The van der Waals surface area contributed by atoms with Gasteiger partial charge in [0.25, 0.3) is 0 Å². The average molecular weight is 328 g/mol. The molecule has 0 fully saturated rings. The highest BCUT2D eigenvalue weighted by atomic mass is 79.9. The van der Waals surface area contributed by atoms with E-state index in [9.17, 15) is 4.79 Å². The fraction of sp³-hybridized carbons (Fsp3) is 0.571. The fourth-order valence-corrected chi connectivity index (χ4v) is 2.71. The molecule has 2 rings (SSSR count). The van der Waals surface area contributed by atoms with Crippen LogP contribution in [0.25, 0.3) is 0 Å². The van der Waals surface area contributed by atoms with Gasteiger partial charge in [0.2, 0.25) is 0 Å². The van der Waals surface area contributed by atoms with E-state index >= 15 is 0 Å². The van der Waals surface area contributed by atoms with Crippen molar-refractivity contribution >= 4 is 21.9 Å². The first-order valence-electron chi connectivity index (χ1n) is 6.22. The van der Waals surface area contributed by atoms with Gasteiger partial charge in [-0.3, -0.25) is 4.79 Å². The number of hydrogen-bond donors (Lipinski definition) is 0. The van der Waals surface area contributed by atoms with Crippen molar-refractivity contribution in [3.05, 3.63) is 27.5 Å². The van der Waals surface area contributed by atoms with Crippen LogP contribution >= 0.6 is 15.9 Å². The minimum Gasteiger partial charge on any atom is -0.455 e. The van der Waals surface area contributed by atoms with Crippen LogP contribution in [-0.4, -0.2) is 11.0 Å². The van der Waals surface area contributed by atoms with Crippen molar-refractivity contribution in [2.24, 2.45) is 5.41 Å². The molecule has 4 nitrogen and oxygen atoms in total. The second kappa shape index (κ2) is 5.21. The maximum Gasteiger partial charge on any atom is 0.303 e. The highest BCUT2D eigenvalue weighted by molar-refractivity contribution is 9.10. The number of nitrogens with zero attached hydrogens (tertiary/aromatic N) is 1. The van der Waals surface area contributed by atoms with E-state index in [0.29, 0.717) is 13.2 Å². The zero-order valence-corrected chi connectivity index (χ0v) is 13.2. The van der Waals surface area contributed by atoms with E-state index < -0.39 is 0 Å². The lowest BCUT2D eigenvalue weighted by Crippen LogP contribution is -2.24. The van der Waals surface area contributed by atoms with Crippen molar-refractivity contribution in [1.82, 2.24) is 4.98 Å². The first-order chi connectivity index (χ1) is 8.79. The molecule has 0 N–H and O–H groups in total. The van der Waals surface area contributed by atoms with Crippen LogP contribution in [0.1, 0.15) is 50.6 Å². The first kappa shape index (κ1) is 14.5. The normalized spacial score (nSPS) is 16.1. The maximum absolute atomic E-state index is 11.3. The minimum absolute atomic E-state index is 0.216. The molecule has 1 aliphatic rings. The molecule has 1 aromatic rings. The highest BCUT2D eigenvalue weighted by Gasteiger charge is 2.32. The van der Waals surface area contributed by atoms with Gasteiger partial charge in [0.05, 0.1) is 18.9 Å². The topological polar surface area (TPSA) is 48.4 Å². The molecule has 0 aliphatic carbocycles. The van der Waals surface area contributed by atoms with E-state index in [1.807, 2.05) is 26.8 Å². The zero-order chi connectivity index (χ0) is 14.2. The van der Waals surface area contributed by atoms with Crippen LogP contribution in [0.3, 0.4) is 0 Å². The molecule has 0 amide bonds. The van der Waals surface area contributed by atoms with E-state index in [2.05, 4.69) is 20.9 Å². The summed E-state index contributed by atoms with van der Waals surface area (Å²) in [5, 5.41) is 0. The van der Waals surface area contributed by atoms with Gasteiger partial charge in [0.15, 0.2) is 0 Å². The standard InChI is InChI=1S/C14H18BrNO3/c1-8(17)19-12(14(2,3)4)11-5-9-6-18-7-10(9)13(15)16-11/h5,12H,6-7H2,1-4H3/t12-/m1/s1. The Morgan fingerprint density at radius 3 is 2.74 bits per heavy atom. The van der Waals surface area contributed by atoms with Gasteiger partial charge < -0.3 is 9.47 Å². The first-order valence-corrected chi connectivity index (χ1v) is 7.01. The third-order valence-electron chi connectivity index (χ3n) is 3.03. The largest absolute Gasteiger partial charge is 0.455 e. The van der Waals surface area contributed by atoms with Crippen LogP contribution < -0.4 is 0 Å². The summed E-state index contributed by atoms with van der Waals surface area (Å²) < 4.78 is 11.6. The van der Waals surface area contributed by atoms with Crippen LogP contribution in [0.4, 0.5) is 0 Å². The number of rotatable bonds is 2. The molecule has 0 saturated heterocycles. The van der Waals surface area contributed by atoms with E-state index in [-0.39, 0.29) is 17.5 Å². The molecule has 5 heteroatoms. The van der Waals surface area contributed by atoms with Gasteiger partial charge in [-0.2, -0.15) is 0 Å². The van der Waals surface area contributed by atoms with Crippen molar-refractivity contribution in [3.8, 4) is 0 Å². The van der Waals surface area contributed by atoms with Gasteiger partial charge >= 0.3 is 5.97 Å². The molecule has 0 saturated carbocycles. The molecular formula is C14H18BrNO3. The van der Waals surface area contributed by atoms with Gasteiger partial charge in [0.1, 0.15) is 10.7 Å². The Kier molecular flexibility index (Phi) is 3.97. The molecule has 0 unspecified atom stereocenters. The van der Waals surface area contributed by atoms with Crippen LogP contribution in [-0.2, 0) is 27.5 Å². The molecule has 0 radical (unpaired) electrons. The van der Waals surface area contributed by atoms with E-state index in [1.165, 1.54) is 6.92 Å². The molecule has 19 heavy (non-hydrogen) atoms. The number of halogens is 1. The van der Waals surface area contributed by atoms with Crippen LogP contribution in [0, 0.1) is 5.41 Å². The van der Waals surface area contributed by atoms with Gasteiger partial charge in [-0.25, -0.2) is 4.98 Å². The summed E-state index contributed by atoms with van der Waals surface area (Å²) in [6.45, 7) is 8.67. The monoisotopic (exact) mass is 327 g/mol. The highest BCUT2D eigenvalue weighted by Crippen LogP contribution is 2.38. The van der Waals surface area contributed by atoms with Crippen molar-refractivity contribution in [1.29, 1.82) is 0 Å². The van der Waals surface area contributed by atoms with Crippen molar-refractivity contribution in [2.45, 2.75) is 47.0 Å². The molecule has 0 spiro atoms. The molecule has 1 atom stereocenters. The molecule has 0 aromatic carbocycles. The Morgan fingerprint density at radius 1 is 1.47 bits per heavy atom. The van der Waals surface area contributed by atoms with Crippen molar-refractivity contribution < 1.29 is 14.3 Å². The van der Waals surface area contributed by atoms with E-state index in [0.717, 1.165) is 21.4 Å². The third-order valence-corrected chi connectivity index (χ3v) is 3.68. The fourth-order valence-electron chi connectivity index (χ4n) is 2.14. The van der Waals surface area contributed by atoms with Crippen LogP contribution in [0.15, 0.2) is 10.7 Å². The van der Waals surface area contributed by atoms with Crippen LogP contribution in [0.5, 0.6) is 0 Å². The Balaban J connectivity index is 2.42. The molecule has 1 aromatic heterocycles. The van der Waals surface area contributed by atoms with Gasteiger partial charge in [0, 0.05) is 17.9 Å². The number of hydrogen-bond acceptors (Lipinski definition) is 4. The SMILES string of the molecule is CC(=O)O[C@H](c1cc2c(c(Br)n1)COC2)C(C)(C)C. The summed E-state index contributed by atoms with van der Waals surface area (Å²) in [5.74, 6) is -0.297. The quantitative estimate of drug-likeness (QED) is 0.616. The smallest absolute Gasteiger partial charge is 0.303 e. The number of fused-ring (bicyclic) bond motifs is 1. The second-order valence-electron chi connectivity index (χ2n) is 5.82. The number of aromatic nitrogens is 1. The summed E-state index contributed by atoms with van der Waals surface area (Å²) in [6.07, 6.45) is -0.368. The summed E-state index contributed by atoms with van der Waals surface area (Å²) in [7, 11) is 0. The number of esters is 1. The Hall–Kier alpha value is -0.940. The number of ether oxygens (including phenoxy) is 2. The number of carbonyl (C=O) groups is 1. The minimum atomic E-state index is -0.368. The van der Waals surface area contributed by atoms with E-state index in [1.54, 1.807) is 0 Å². The molecule has 0 bridgehead atoms. The summed E-state index contributed by atoms with van der Waals surface area (Å²) in [6, 6.07) is 1.98. The molecule has 1 aliphatic heterocycles. The second-order valence-corrected chi connectivity index (χ2v) is 6.58. The average Bonchev–Trinajstić information content (AvgIpc) is 2.72. The lowest BCUT2D eigenvalue weighted by molar-refractivity contribution is -0.152. The van der Waals surface area contributed by atoms with Gasteiger partial charge in [-0.1, -0.05) is 20.8 Å². The number of carbonyl (C=O) groups excluding carboxylic acids is 1. The van der Waals surface area contributed by atoms with E-state index in [4.69, 9.17) is 9.47 Å². The van der Waals surface area contributed by atoms with Gasteiger partial charge in [-0.05, 0) is 27.6 Å². The molecule has 2 heterocycles. The van der Waals surface area contributed by atoms with Crippen molar-refractivity contribution in [3.63, 3.8) is 0 Å². The predicted molar refractivity (Wildman–Crippen MR) is 74.4 cm³/mol. The summed E-state index contributed by atoms with van der Waals surface area (Å²) in [5.41, 5.74) is 2.74. The Bertz CT molecular complexity index is 508. The third kappa shape index (κ3) is 3.15. The Labute approximate surface area is 121 Å². The zero-order valence-electron chi connectivity index (χ0n) is 11.6. The predicted octanol–water partition coefficient (Wildman–Crippen LogP) is 3.52. The van der Waals surface area contributed by atoms with Crippen LogP contribution in [0.2, 0.25) is 0 Å². The molecule has 104 valence electrons. The summed E-state index contributed by atoms with van der Waals surface area (Å²) in [4.78, 5) is 15.8. The lowest BCUT2D eigenvalue weighted by atomic mass is 9.86. The number of pyridine rings is 1. The summed E-state index contributed by atoms with van der Waals surface area (Å²) >= 11 is 3.47. The van der Waals surface area contributed by atoms with Crippen molar-refractivity contribution in [2.75, 3.05) is 0 Å².